The predicted octanol–water partition coefficient (Wildman–Crippen LogP) is -0.940. The third kappa shape index (κ3) is 7.47. The zero-order valence-electron chi connectivity index (χ0n) is 14.4. The quantitative estimate of drug-likeness (QED) is 0.377. The molecule has 0 unspecified atom stereocenters. The van der Waals surface area contributed by atoms with Gasteiger partial charge in [-0.1, -0.05) is 26.2 Å². The number of hydrogen-bond donors (Lipinski definition) is 2. The smallest absolute Gasteiger partial charge is 0.478 e. The molecule has 0 bridgehead atoms. The predicted molar refractivity (Wildman–Crippen MR) is 88.8 cm³/mol. The Hall–Kier alpha value is -1.38. The van der Waals surface area contributed by atoms with E-state index in [-0.39, 0.29) is 25.3 Å². The van der Waals surface area contributed by atoms with Gasteiger partial charge in [-0.15, -0.1) is 0 Å². The fraction of sp³-hybridized carbons (Fsp3) is 0.429. The van der Waals surface area contributed by atoms with Crippen LogP contribution in [0.15, 0.2) is 23.1 Å². The van der Waals surface area contributed by atoms with Crippen LogP contribution in [-0.2, 0) is 20.0 Å². The zero-order valence-corrected chi connectivity index (χ0v) is 16.0. The van der Waals surface area contributed by atoms with Crippen molar-refractivity contribution in [2.45, 2.75) is 37.5 Å². The van der Waals surface area contributed by atoms with Crippen molar-refractivity contribution in [2.24, 2.45) is 0 Å². The van der Waals surface area contributed by atoms with E-state index in [9.17, 15) is 26.4 Å². The minimum atomic E-state index is -4.76. The van der Waals surface area contributed by atoms with Crippen molar-refractivity contribution in [1.29, 1.82) is 0 Å². The molecule has 0 atom stereocenters. The minimum absolute atomic E-state index is 0. The molecule has 2 N–H and O–H groups in total. The first kappa shape index (κ1) is 24.6. The number of hydrogen-bond acceptors (Lipinski definition) is 6. The van der Waals surface area contributed by atoms with Crippen LogP contribution >= 0.6 is 0 Å². The van der Waals surface area contributed by atoms with E-state index in [1.54, 1.807) is 0 Å². The van der Waals surface area contributed by atoms with Crippen molar-refractivity contribution in [3.8, 4) is 0 Å². The van der Waals surface area contributed by atoms with Crippen LogP contribution in [0, 0.1) is 0 Å². The maximum Gasteiger partial charge on any atom is 1.00 e. The van der Waals surface area contributed by atoms with Gasteiger partial charge in [-0.25, -0.2) is 26.4 Å². The van der Waals surface area contributed by atoms with E-state index >= 15 is 0 Å². The summed E-state index contributed by atoms with van der Waals surface area (Å²) in [6.07, 6.45) is 2.51. The van der Waals surface area contributed by atoms with Crippen LogP contribution in [0.2, 0.25) is 0 Å². The van der Waals surface area contributed by atoms with Crippen LogP contribution in [0.5, 0.6) is 0 Å². The first-order valence-corrected chi connectivity index (χ1v) is 10.4. The number of sulfonamides is 2. The van der Waals surface area contributed by atoms with E-state index < -0.39 is 53.8 Å². The first-order chi connectivity index (χ1) is 11.5. The van der Waals surface area contributed by atoms with Crippen LogP contribution < -0.4 is 18.9 Å². The summed E-state index contributed by atoms with van der Waals surface area (Å²) in [6.45, 7) is 1.93. The van der Waals surface area contributed by atoms with E-state index in [1.165, 1.54) is 0 Å². The molecule has 0 saturated heterocycles. The van der Waals surface area contributed by atoms with Crippen LogP contribution in [0.4, 0.5) is 0 Å². The largest absolute Gasteiger partial charge is 1.00 e. The van der Waals surface area contributed by atoms with Gasteiger partial charge >= 0.3 is 30.8 Å². The van der Waals surface area contributed by atoms with E-state index in [4.69, 9.17) is 10.2 Å². The maximum atomic E-state index is 12.2. The summed E-state index contributed by atoms with van der Waals surface area (Å²) in [6, 6.07) is 2.10. The third-order valence-electron chi connectivity index (χ3n) is 3.17. The van der Waals surface area contributed by atoms with E-state index in [2.05, 4.69) is 4.13 Å². The topological polar surface area (TPSA) is 157 Å². The summed E-state index contributed by atoms with van der Waals surface area (Å²) in [7, 11) is -9.05. The number of nitrogens with zero attached hydrogens (tertiary/aromatic N) is 1. The summed E-state index contributed by atoms with van der Waals surface area (Å²) in [4.78, 5) is 21.2. The Morgan fingerprint density at radius 3 is 1.85 bits per heavy atom. The summed E-state index contributed by atoms with van der Waals surface area (Å²) < 4.78 is 50.9. The Morgan fingerprint density at radius 2 is 1.42 bits per heavy atom. The number of rotatable bonds is 10. The zero-order chi connectivity index (χ0) is 19.3. The molecule has 0 fully saturated rings. The summed E-state index contributed by atoms with van der Waals surface area (Å²) in [5, 5.41) is 17.9. The molecule has 1 aromatic rings. The van der Waals surface area contributed by atoms with Gasteiger partial charge in [0.1, 0.15) is 10.0 Å². The molecule has 140 valence electrons. The second kappa shape index (κ2) is 10.1. The number of carboxylic acid groups (broad SMARTS) is 2. The number of carboxylic acids is 2. The molecular formula is C14H18LiNO8S2. The Kier molecular flexibility index (Phi) is 9.55. The minimum Gasteiger partial charge on any atom is -0.478 e. The van der Waals surface area contributed by atoms with Gasteiger partial charge in [0.15, 0.2) is 0 Å². The fourth-order valence-electron chi connectivity index (χ4n) is 1.94. The van der Waals surface area contributed by atoms with Crippen LogP contribution in [0.25, 0.3) is 4.13 Å². The number of benzene rings is 1. The molecule has 0 aromatic heterocycles. The van der Waals surface area contributed by atoms with Gasteiger partial charge in [0, 0.05) is 5.75 Å². The molecule has 0 heterocycles. The van der Waals surface area contributed by atoms with E-state index in [0.717, 1.165) is 18.9 Å². The average Bonchev–Trinajstić information content (AvgIpc) is 2.50. The second-order valence-corrected chi connectivity index (χ2v) is 8.84. The van der Waals surface area contributed by atoms with Gasteiger partial charge in [0.25, 0.3) is 0 Å². The normalized spacial score (nSPS) is 11.6. The van der Waals surface area contributed by atoms with Crippen LogP contribution in [0.3, 0.4) is 0 Å². The molecule has 0 aliphatic heterocycles. The standard InChI is InChI=1S/C14H18NO8S2.Li/c1-2-3-4-5-6-24(20,21)15-25(22,23)12-8-10(13(16)17)7-11(9-12)14(18)19;/h7-9H,2-6H2,1H3,(H,16,17)(H,18,19);/q-1;+1. The molecule has 9 nitrogen and oxygen atoms in total. The molecule has 0 amide bonds. The molecule has 0 radical (unpaired) electrons. The monoisotopic (exact) mass is 399 g/mol. The van der Waals surface area contributed by atoms with Crippen molar-refractivity contribution in [3.63, 3.8) is 0 Å². The summed E-state index contributed by atoms with van der Waals surface area (Å²) in [5.41, 5.74) is -1.21. The van der Waals surface area contributed by atoms with Gasteiger partial charge in [-0.2, -0.15) is 0 Å². The van der Waals surface area contributed by atoms with E-state index in [0.29, 0.717) is 18.6 Å². The molecule has 0 aliphatic rings. The summed E-state index contributed by atoms with van der Waals surface area (Å²) in [5.74, 6) is -3.57. The summed E-state index contributed by atoms with van der Waals surface area (Å²) >= 11 is 0. The van der Waals surface area contributed by atoms with Crippen molar-refractivity contribution >= 4 is 32.0 Å². The van der Waals surface area contributed by atoms with E-state index in [1.807, 2.05) is 6.92 Å². The van der Waals surface area contributed by atoms with Crippen LogP contribution in [-0.4, -0.2) is 44.7 Å². The molecular weight excluding hydrogens is 381 g/mol. The van der Waals surface area contributed by atoms with Gasteiger partial charge < -0.3 is 14.3 Å². The Bertz CT molecular complexity index is 833. The van der Waals surface area contributed by atoms with Crippen molar-refractivity contribution in [1.82, 2.24) is 0 Å². The maximum absolute atomic E-state index is 12.2. The molecule has 1 aromatic carbocycles. The fourth-order valence-corrected chi connectivity index (χ4v) is 4.90. The number of unbranched alkanes of at least 4 members (excludes halogenated alkanes) is 3. The van der Waals surface area contributed by atoms with Gasteiger partial charge in [-0.3, -0.25) is 0 Å². The molecule has 1 rings (SSSR count). The first-order valence-electron chi connectivity index (χ1n) is 7.32. The van der Waals surface area contributed by atoms with Crippen molar-refractivity contribution < 1.29 is 55.5 Å². The third-order valence-corrected chi connectivity index (χ3v) is 6.50. The van der Waals surface area contributed by atoms with Gasteiger partial charge in [0.2, 0.25) is 0 Å². The Balaban J connectivity index is 0.00000625. The van der Waals surface area contributed by atoms with Crippen molar-refractivity contribution in [3.05, 3.63) is 33.5 Å². The molecule has 0 spiro atoms. The Morgan fingerprint density at radius 1 is 0.923 bits per heavy atom. The molecule has 0 saturated carbocycles. The molecule has 12 heteroatoms. The SMILES string of the molecule is CCCCCCS(=O)(=O)[N-]S(=O)(=O)c1cc(C(=O)O)cc(C(=O)O)c1.[Li+]. The Labute approximate surface area is 164 Å². The molecule has 0 aliphatic carbocycles. The van der Waals surface area contributed by atoms with Crippen molar-refractivity contribution in [2.75, 3.05) is 5.75 Å². The number of aromatic carboxylic acids is 2. The van der Waals surface area contributed by atoms with Gasteiger partial charge in [-0.05, 0) is 24.6 Å². The average molecular weight is 399 g/mol. The van der Waals surface area contributed by atoms with Gasteiger partial charge in [0.05, 0.1) is 26.0 Å². The number of carbonyl (C=O) groups is 2. The van der Waals surface area contributed by atoms with Crippen LogP contribution in [0.1, 0.15) is 53.3 Å². The second-order valence-electron chi connectivity index (χ2n) is 5.25. The molecule has 26 heavy (non-hydrogen) atoms.